The molecule has 84 valence electrons. The Balaban J connectivity index is 2.32. The van der Waals surface area contributed by atoms with E-state index >= 15 is 0 Å². The Morgan fingerprint density at radius 2 is 2.31 bits per heavy atom. The number of halogens is 1. The molecule has 2 rings (SSSR count). The van der Waals surface area contributed by atoms with E-state index in [1.165, 1.54) is 0 Å². The molecule has 2 aromatic rings. The summed E-state index contributed by atoms with van der Waals surface area (Å²) in [5.74, 6) is -0.823. The van der Waals surface area contributed by atoms with Crippen molar-refractivity contribution < 1.29 is 9.21 Å². The molecule has 0 aliphatic heterocycles. The van der Waals surface area contributed by atoms with Crippen LogP contribution in [0.2, 0.25) is 0 Å². The normalized spacial score (nSPS) is 12.6. The minimum absolute atomic E-state index is 0.299. The fraction of sp³-hybridized carbons (Fsp3) is 0.200. The third-order valence-electron chi connectivity index (χ3n) is 2.05. The number of carbonyl (C=O) groups excluding carboxylic acids is 1. The molecule has 6 heteroatoms. The van der Waals surface area contributed by atoms with Gasteiger partial charge in [0.2, 0.25) is 5.91 Å². The molecule has 1 heterocycles. The van der Waals surface area contributed by atoms with Gasteiger partial charge in [0.1, 0.15) is 5.38 Å². The summed E-state index contributed by atoms with van der Waals surface area (Å²) in [7, 11) is 0. The number of benzene rings is 1. The third kappa shape index (κ3) is 2.09. The molecule has 0 radical (unpaired) electrons. The lowest BCUT2D eigenvalue weighted by molar-refractivity contribution is -0.115. The highest BCUT2D eigenvalue weighted by molar-refractivity contribution is 6.32. The Kier molecular flexibility index (Phi) is 2.70. The number of carbonyl (C=O) groups is 1. The number of nitrogens with one attached hydrogen (secondary N) is 2. The van der Waals surface area contributed by atoms with Crippen LogP contribution >= 0.6 is 11.6 Å². The second-order valence-corrected chi connectivity index (χ2v) is 3.99. The predicted molar refractivity (Wildman–Crippen MR) is 60.8 cm³/mol. The van der Waals surface area contributed by atoms with E-state index in [0.717, 1.165) is 0 Å². The average Bonchev–Trinajstić information content (AvgIpc) is 2.57. The number of aromatic amines is 1. The van der Waals surface area contributed by atoms with E-state index in [0.29, 0.717) is 16.8 Å². The second kappa shape index (κ2) is 4.02. The first-order chi connectivity index (χ1) is 7.56. The largest absolute Gasteiger partial charge is 0.417 e. The number of hydrogen-bond acceptors (Lipinski definition) is 3. The van der Waals surface area contributed by atoms with Gasteiger partial charge in [-0.3, -0.25) is 9.78 Å². The number of aromatic nitrogens is 1. The molecule has 1 aromatic heterocycles. The Labute approximate surface area is 95.4 Å². The zero-order chi connectivity index (χ0) is 11.7. The van der Waals surface area contributed by atoms with Gasteiger partial charge < -0.3 is 9.73 Å². The van der Waals surface area contributed by atoms with Gasteiger partial charge in [-0.1, -0.05) is 0 Å². The molecule has 16 heavy (non-hydrogen) atoms. The van der Waals surface area contributed by atoms with Crippen molar-refractivity contribution >= 4 is 34.3 Å². The molecule has 0 saturated heterocycles. The number of fused-ring (bicyclic) bond motifs is 1. The summed E-state index contributed by atoms with van der Waals surface area (Å²) in [4.78, 5) is 24.7. The van der Waals surface area contributed by atoms with E-state index in [2.05, 4.69) is 10.3 Å². The molecule has 0 fully saturated rings. The van der Waals surface area contributed by atoms with Gasteiger partial charge >= 0.3 is 5.76 Å². The highest BCUT2D eigenvalue weighted by Gasteiger charge is 2.10. The smallest absolute Gasteiger partial charge is 0.408 e. The van der Waals surface area contributed by atoms with Crippen molar-refractivity contribution in [3.63, 3.8) is 0 Å². The molecule has 1 atom stereocenters. The maximum Gasteiger partial charge on any atom is 0.417 e. The van der Waals surface area contributed by atoms with Crippen molar-refractivity contribution in [2.45, 2.75) is 12.3 Å². The standard InChI is InChI=1S/C10H9ClN2O3/c1-5(11)9(14)12-6-2-3-8-7(4-6)13-10(15)16-8/h2-5H,1H3,(H,12,14)(H,13,15). The van der Waals surface area contributed by atoms with Crippen LogP contribution in [-0.2, 0) is 4.79 Å². The van der Waals surface area contributed by atoms with E-state index < -0.39 is 11.1 Å². The molecule has 1 aromatic carbocycles. The minimum Gasteiger partial charge on any atom is -0.408 e. The van der Waals surface area contributed by atoms with Crippen LogP contribution in [0.4, 0.5) is 5.69 Å². The lowest BCUT2D eigenvalue weighted by atomic mass is 10.3. The fourth-order valence-electron chi connectivity index (χ4n) is 1.27. The number of oxazole rings is 1. The van der Waals surface area contributed by atoms with Crippen LogP contribution in [0, 0.1) is 0 Å². The summed E-state index contributed by atoms with van der Waals surface area (Å²) in [6, 6.07) is 4.84. The zero-order valence-corrected chi connectivity index (χ0v) is 9.17. The summed E-state index contributed by atoms with van der Waals surface area (Å²) < 4.78 is 4.83. The maximum atomic E-state index is 11.3. The summed E-state index contributed by atoms with van der Waals surface area (Å²) in [6.07, 6.45) is 0. The summed E-state index contributed by atoms with van der Waals surface area (Å²) in [5.41, 5.74) is 1.54. The van der Waals surface area contributed by atoms with Crippen molar-refractivity contribution in [3.05, 3.63) is 28.7 Å². The topological polar surface area (TPSA) is 75.1 Å². The number of hydrogen-bond donors (Lipinski definition) is 2. The van der Waals surface area contributed by atoms with Crippen molar-refractivity contribution in [3.8, 4) is 0 Å². The molecule has 0 aliphatic carbocycles. The molecule has 0 spiro atoms. The molecular formula is C10H9ClN2O3. The van der Waals surface area contributed by atoms with Crippen molar-refractivity contribution in [2.24, 2.45) is 0 Å². The lowest BCUT2D eigenvalue weighted by Crippen LogP contribution is -2.20. The van der Waals surface area contributed by atoms with Crippen LogP contribution in [0.3, 0.4) is 0 Å². The molecule has 5 nitrogen and oxygen atoms in total. The van der Waals surface area contributed by atoms with Crippen LogP contribution in [0.1, 0.15) is 6.92 Å². The number of alkyl halides is 1. The first kappa shape index (κ1) is 10.8. The molecular weight excluding hydrogens is 232 g/mol. The van der Waals surface area contributed by atoms with E-state index in [4.69, 9.17) is 16.0 Å². The second-order valence-electron chi connectivity index (χ2n) is 3.33. The van der Waals surface area contributed by atoms with Gasteiger partial charge in [-0.05, 0) is 25.1 Å². The van der Waals surface area contributed by atoms with E-state index in [-0.39, 0.29) is 5.91 Å². The van der Waals surface area contributed by atoms with Crippen LogP contribution in [0.15, 0.2) is 27.4 Å². The van der Waals surface area contributed by atoms with E-state index in [1.54, 1.807) is 25.1 Å². The van der Waals surface area contributed by atoms with Gasteiger partial charge in [0.05, 0.1) is 5.52 Å². The maximum absolute atomic E-state index is 11.3. The van der Waals surface area contributed by atoms with Gasteiger partial charge in [0.15, 0.2) is 5.58 Å². The highest BCUT2D eigenvalue weighted by Crippen LogP contribution is 2.16. The third-order valence-corrected chi connectivity index (χ3v) is 2.25. The van der Waals surface area contributed by atoms with Crippen LogP contribution in [0.5, 0.6) is 0 Å². The Hall–Kier alpha value is -1.75. The first-order valence-corrected chi connectivity index (χ1v) is 5.08. The van der Waals surface area contributed by atoms with Crippen LogP contribution in [0.25, 0.3) is 11.1 Å². The average molecular weight is 241 g/mol. The number of H-pyrrole nitrogens is 1. The molecule has 0 saturated carbocycles. The van der Waals surface area contributed by atoms with Crippen LogP contribution < -0.4 is 11.1 Å². The molecule has 0 aliphatic rings. The first-order valence-electron chi connectivity index (χ1n) is 4.64. The van der Waals surface area contributed by atoms with E-state index in [9.17, 15) is 9.59 Å². The summed E-state index contributed by atoms with van der Waals surface area (Å²) >= 11 is 5.61. The molecule has 2 N–H and O–H groups in total. The molecule has 1 amide bonds. The SMILES string of the molecule is CC(Cl)C(=O)Nc1ccc2oc(=O)[nH]c2c1. The van der Waals surface area contributed by atoms with Gasteiger partial charge in [-0.2, -0.15) is 0 Å². The summed E-state index contributed by atoms with van der Waals surface area (Å²) in [5, 5.41) is 2.00. The van der Waals surface area contributed by atoms with Gasteiger partial charge in [-0.25, -0.2) is 4.79 Å². The number of anilines is 1. The fourth-order valence-corrected chi connectivity index (χ4v) is 1.33. The van der Waals surface area contributed by atoms with E-state index in [1.807, 2.05) is 0 Å². The van der Waals surface area contributed by atoms with Gasteiger partial charge in [0.25, 0.3) is 0 Å². The van der Waals surface area contributed by atoms with Crippen molar-refractivity contribution in [1.82, 2.24) is 4.98 Å². The van der Waals surface area contributed by atoms with Gasteiger partial charge in [-0.15, -0.1) is 11.6 Å². The molecule has 0 bridgehead atoms. The lowest BCUT2D eigenvalue weighted by Gasteiger charge is -2.05. The minimum atomic E-state index is -0.612. The zero-order valence-electron chi connectivity index (χ0n) is 8.41. The Morgan fingerprint density at radius 3 is 3.00 bits per heavy atom. The quantitative estimate of drug-likeness (QED) is 0.785. The highest BCUT2D eigenvalue weighted by atomic mass is 35.5. The number of amides is 1. The van der Waals surface area contributed by atoms with Crippen molar-refractivity contribution in [2.75, 3.05) is 5.32 Å². The Bertz CT molecular complexity index is 585. The van der Waals surface area contributed by atoms with Crippen molar-refractivity contribution in [1.29, 1.82) is 0 Å². The molecule has 1 unspecified atom stereocenters. The monoisotopic (exact) mass is 240 g/mol. The Morgan fingerprint density at radius 1 is 1.56 bits per heavy atom. The predicted octanol–water partition coefficient (Wildman–Crippen LogP) is 1.69. The summed E-state index contributed by atoms with van der Waals surface area (Å²) in [6.45, 7) is 1.58. The van der Waals surface area contributed by atoms with Crippen LogP contribution in [-0.4, -0.2) is 16.3 Å². The van der Waals surface area contributed by atoms with Gasteiger partial charge in [0, 0.05) is 5.69 Å². The number of rotatable bonds is 2.